The van der Waals surface area contributed by atoms with E-state index in [-0.39, 0.29) is 5.56 Å². The number of aromatic nitrogens is 2. The average molecular weight is 230 g/mol. The van der Waals surface area contributed by atoms with Gasteiger partial charge in [0.2, 0.25) is 0 Å². The number of benzene rings is 1. The molecule has 0 unspecified atom stereocenters. The SMILES string of the molecule is CCCc1ccc(Cc2c(C)[nH][nH]c2=O)cc1. The fourth-order valence-electron chi connectivity index (χ4n) is 2.00. The van der Waals surface area contributed by atoms with E-state index in [0.717, 1.165) is 24.1 Å². The molecule has 90 valence electrons. The highest BCUT2D eigenvalue weighted by atomic mass is 16.1. The van der Waals surface area contributed by atoms with Crippen LogP contribution in [0, 0.1) is 6.92 Å². The minimum absolute atomic E-state index is 0.0138. The molecule has 1 aromatic heterocycles. The Balaban J connectivity index is 2.17. The van der Waals surface area contributed by atoms with Gasteiger partial charge in [0.15, 0.2) is 0 Å². The molecule has 0 saturated carbocycles. The number of nitrogens with one attached hydrogen (secondary N) is 2. The molecule has 1 aromatic carbocycles. The van der Waals surface area contributed by atoms with Crippen LogP contribution in [0.3, 0.4) is 0 Å². The Morgan fingerprint density at radius 2 is 1.71 bits per heavy atom. The molecule has 0 fully saturated rings. The molecule has 3 nitrogen and oxygen atoms in total. The van der Waals surface area contributed by atoms with Gasteiger partial charge < -0.3 is 5.10 Å². The lowest BCUT2D eigenvalue weighted by Crippen LogP contribution is -2.06. The third-order valence-electron chi connectivity index (χ3n) is 3.03. The van der Waals surface area contributed by atoms with Crippen molar-refractivity contribution in [3.63, 3.8) is 0 Å². The molecule has 0 amide bonds. The number of aryl methyl sites for hydroxylation is 2. The van der Waals surface area contributed by atoms with Crippen molar-refractivity contribution in [3.05, 3.63) is 57.0 Å². The van der Waals surface area contributed by atoms with Crippen LogP contribution in [0.15, 0.2) is 29.1 Å². The summed E-state index contributed by atoms with van der Waals surface area (Å²) in [5, 5.41) is 5.46. The van der Waals surface area contributed by atoms with E-state index in [9.17, 15) is 4.79 Å². The molecule has 0 aliphatic rings. The molecule has 0 saturated heterocycles. The number of aromatic amines is 2. The van der Waals surface area contributed by atoms with Gasteiger partial charge in [-0.25, -0.2) is 0 Å². The summed E-state index contributed by atoms with van der Waals surface area (Å²) >= 11 is 0. The molecule has 3 heteroatoms. The molecule has 0 aliphatic heterocycles. The molecule has 0 aliphatic carbocycles. The summed E-state index contributed by atoms with van der Waals surface area (Å²) in [6.07, 6.45) is 2.97. The van der Waals surface area contributed by atoms with Gasteiger partial charge in [0.25, 0.3) is 5.56 Å². The summed E-state index contributed by atoms with van der Waals surface area (Å²) in [5.74, 6) is 0. The minimum atomic E-state index is -0.0138. The maximum Gasteiger partial charge on any atom is 0.267 e. The van der Waals surface area contributed by atoms with E-state index in [1.54, 1.807) is 0 Å². The van der Waals surface area contributed by atoms with Gasteiger partial charge in [-0.3, -0.25) is 9.89 Å². The Labute approximate surface area is 101 Å². The quantitative estimate of drug-likeness (QED) is 0.833. The maximum absolute atomic E-state index is 11.5. The lowest BCUT2D eigenvalue weighted by Gasteiger charge is -2.02. The molecular formula is C14H18N2O. The van der Waals surface area contributed by atoms with Crippen molar-refractivity contribution in [1.82, 2.24) is 10.2 Å². The van der Waals surface area contributed by atoms with Crippen LogP contribution in [0.5, 0.6) is 0 Å². The zero-order valence-corrected chi connectivity index (χ0v) is 10.3. The van der Waals surface area contributed by atoms with Crippen LogP contribution >= 0.6 is 0 Å². The molecule has 2 aromatic rings. The van der Waals surface area contributed by atoms with E-state index in [2.05, 4.69) is 41.4 Å². The summed E-state index contributed by atoms with van der Waals surface area (Å²) in [4.78, 5) is 11.5. The first-order valence-corrected chi connectivity index (χ1v) is 6.04. The van der Waals surface area contributed by atoms with Crippen LogP contribution in [0.1, 0.15) is 35.7 Å². The summed E-state index contributed by atoms with van der Waals surface area (Å²) in [5.41, 5.74) is 4.27. The van der Waals surface area contributed by atoms with E-state index < -0.39 is 0 Å². The monoisotopic (exact) mass is 230 g/mol. The Kier molecular flexibility index (Phi) is 3.47. The van der Waals surface area contributed by atoms with Crippen molar-refractivity contribution in [2.75, 3.05) is 0 Å². The van der Waals surface area contributed by atoms with Gasteiger partial charge >= 0.3 is 0 Å². The van der Waals surface area contributed by atoms with Crippen molar-refractivity contribution < 1.29 is 0 Å². The van der Waals surface area contributed by atoms with E-state index >= 15 is 0 Å². The highest BCUT2D eigenvalue weighted by Gasteiger charge is 2.06. The summed E-state index contributed by atoms with van der Waals surface area (Å²) in [6.45, 7) is 4.09. The van der Waals surface area contributed by atoms with Crippen LogP contribution in [-0.4, -0.2) is 10.2 Å². The second kappa shape index (κ2) is 5.04. The fraction of sp³-hybridized carbons (Fsp3) is 0.357. The summed E-state index contributed by atoms with van der Waals surface area (Å²) < 4.78 is 0. The first-order chi connectivity index (χ1) is 8.20. The van der Waals surface area contributed by atoms with Crippen LogP contribution in [0.2, 0.25) is 0 Å². The Morgan fingerprint density at radius 3 is 2.24 bits per heavy atom. The van der Waals surface area contributed by atoms with E-state index in [1.165, 1.54) is 11.1 Å². The highest BCUT2D eigenvalue weighted by molar-refractivity contribution is 5.29. The van der Waals surface area contributed by atoms with Gasteiger partial charge in [0, 0.05) is 17.7 Å². The lowest BCUT2D eigenvalue weighted by atomic mass is 10.0. The molecule has 1 heterocycles. The van der Waals surface area contributed by atoms with Gasteiger partial charge in [-0.2, -0.15) is 0 Å². The zero-order chi connectivity index (χ0) is 12.3. The number of hydrogen-bond donors (Lipinski definition) is 2. The third-order valence-corrected chi connectivity index (χ3v) is 3.03. The second-order valence-corrected chi connectivity index (χ2v) is 4.43. The van der Waals surface area contributed by atoms with Crippen molar-refractivity contribution >= 4 is 0 Å². The van der Waals surface area contributed by atoms with Crippen molar-refractivity contribution in [2.24, 2.45) is 0 Å². The molecule has 0 radical (unpaired) electrons. The largest absolute Gasteiger partial charge is 0.302 e. The van der Waals surface area contributed by atoms with Crippen molar-refractivity contribution in [1.29, 1.82) is 0 Å². The number of hydrogen-bond acceptors (Lipinski definition) is 1. The smallest absolute Gasteiger partial charge is 0.267 e. The average Bonchev–Trinajstić information content (AvgIpc) is 2.64. The van der Waals surface area contributed by atoms with Crippen molar-refractivity contribution in [2.45, 2.75) is 33.1 Å². The molecule has 0 atom stereocenters. The minimum Gasteiger partial charge on any atom is -0.302 e. The molecule has 2 N–H and O–H groups in total. The van der Waals surface area contributed by atoms with Gasteiger partial charge in [-0.1, -0.05) is 37.6 Å². The first-order valence-electron chi connectivity index (χ1n) is 6.04. The fourth-order valence-corrected chi connectivity index (χ4v) is 2.00. The molecule has 2 rings (SSSR count). The Bertz CT molecular complexity index is 534. The first kappa shape index (κ1) is 11.7. The number of H-pyrrole nitrogens is 2. The topological polar surface area (TPSA) is 48.6 Å². The predicted octanol–water partition coefficient (Wildman–Crippen LogP) is 2.55. The second-order valence-electron chi connectivity index (χ2n) is 4.43. The van der Waals surface area contributed by atoms with Crippen LogP contribution in [-0.2, 0) is 12.8 Å². The third kappa shape index (κ3) is 2.67. The Hall–Kier alpha value is -1.77. The molecule has 0 spiro atoms. The lowest BCUT2D eigenvalue weighted by molar-refractivity contribution is 0.920. The van der Waals surface area contributed by atoms with Gasteiger partial charge in [-0.05, 0) is 24.5 Å². The van der Waals surface area contributed by atoms with Crippen molar-refractivity contribution in [3.8, 4) is 0 Å². The highest BCUT2D eigenvalue weighted by Crippen LogP contribution is 2.11. The van der Waals surface area contributed by atoms with E-state index in [1.807, 2.05) is 6.92 Å². The normalized spacial score (nSPS) is 10.7. The van der Waals surface area contributed by atoms with Gasteiger partial charge in [0.05, 0.1) is 0 Å². The van der Waals surface area contributed by atoms with Gasteiger partial charge in [0.1, 0.15) is 0 Å². The van der Waals surface area contributed by atoms with Crippen LogP contribution < -0.4 is 5.56 Å². The molecular weight excluding hydrogens is 212 g/mol. The number of rotatable bonds is 4. The Morgan fingerprint density at radius 1 is 1.06 bits per heavy atom. The van der Waals surface area contributed by atoms with Crippen LogP contribution in [0.4, 0.5) is 0 Å². The zero-order valence-electron chi connectivity index (χ0n) is 10.3. The maximum atomic E-state index is 11.5. The summed E-state index contributed by atoms with van der Waals surface area (Å²) in [7, 11) is 0. The molecule has 0 bridgehead atoms. The van der Waals surface area contributed by atoms with E-state index in [4.69, 9.17) is 0 Å². The predicted molar refractivity (Wildman–Crippen MR) is 69.4 cm³/mol. The van der Waals surface area contributed by atoms with E-state index in [0.29, 0.717) is 6.42 Å². The standard InChI is InChI=1S/C14H18N2O/c1-3-4-11-5-7-12(8-6-11)9-13-10(2)15-16-14(13)17/h5-8H,3-4,9H2,1-2H3,(H2,15,16,17). The summed E-state index contributed by atoms with van der Waals surface area (Å²) in [6, 6.07) is 8.51. The van der Waals surface area contributed by atoms with Gasteiger partial charge in [-0.15, -0.1) is 0 Å². The molecule has 17 heavy (non-hydrogen) atoms. The van der Waals surface area contributed by atoms with Crippen LogP contribution in [0.25, 0.3) is 0 Å².